The Bertz CT molecular complexity index is 84.6. The highest BCUT2D eigenvalue weighted by Crippen LogP contribution is 1.77. The van der Waals surface area contributed by atoms with Crippen LogP contribution in [0.15, 0.2) is 0 Å². The molecule has 0 atom stereocenters. The lowest BCUT2D eigenvalue weighted by Gasteiger charge is -2.11. The van der Waals surface area contributed by atoms with Crippen molar-refractivity contribution in [2.45, 2.75) is 0 Å². The number of amides is 1. The summed E-state index contributed by atoms with van der Waals surface area (Å²) in [6.45, 7) is 0. The van der Waals surface area contributed by atoms with Crippen molar-refractivity contribution in [1.82, 2.24) is 10.5 Å². The number of carbonyl (C=O) groups excluding carboxylic acids is 1. The maximum atomic E-state index is 10.3. The van der Waals surface area contributed by atoms with Crippen molar-refractivity contribution in [3.63, 3.8) is 0 Å². The Morgan fingerprint density at radius 3 is 2.50 bits per heavy atom. The molecule has 0 saturated carbocycles. The highest BCUT2D eigenvalue weighted by atomic mass is 16.5. The first kappa shape index (κ1) is 7.19. The summed E-state index contributed by atoms with van der Waals surface area (Å²) in [6.07, 6.45) is -0.521. The van der Waals surface area contributed by atoms with Gasteiger partial charge >= 0.3 is 6.09 Å². The van der Waals surface area contributed by atoms with Crippen LogP contribution in [0.1, 0.15) is 0 Å². The molecule has 0 aliphatic heterocycles. The monoisotopic (exact) mass is 119 g/mol. The third-order valence-corrected chi connectivity index (χ3v) is 0.642. The van der Waals surface area contributed by atoms with E-state index in [-0.39, 0.29) is 0 Å². The average molecular weight is 119 g/mol. The van der Waals surface area contributed by atoms with E-state index >= 15 is 0 Å². The second-order valence-electron chi connectivity index (χ2n) is 1.16. The lowest BCUT2D eigenvalue weighted by atomic mass is 11.0. The van der Waals surface area contributed by atoms with Gasteiger partial charge in [0.15, 0.2) is 0 Å². The smallest absolute Gasteiger partial charge is 0.424 e. The fourth-order valence-corrected chi connectivity index (χ4v) is 0.190. The number of carbonyl (C=O) groups is 1. The van der Waals surface area contributed by atoms with Gasteiger partial charge in [0, 0.05) is 7.05 Å². The molecule has 0 heterocycles. The van der Waals surface area contributed by atoms with Crippen LogP contribution in [0.2, 0.25) is 0 Å². The van der Waals surface area contributed by atoms with Gasteiger partial charge in [-0.05, 0) is 0 Å². The molecule has 0 aliphatic rings. The molecule has 3 N–H and O–H groups in total. The van der Waals surface area contributed by atoms with Crippen LogP contribution in [0.4, 0.5) is 4.79 Å². The number of methoxy groups -OCH3 is 1. The average Bonchev–Trinajstić information content (AvgIpc) is 1.84. The second kappa shape index (κ2) is 3.23. The molecule has 0 saturated heterocycles. The quantitative estimate of drug-likeness (QED) is 0.345. The first-order valence-corrected chi connectivity index (χ1v) is 2.00. The van der Waals surface area contributed by atoms with Gasteiger partial charge in [0.2, 0.25) is 0 Å². The summed E-state index contributed by atoms with van der Waals surface area (Å²) >= 11 is 0. The lowest BCUT2D eigenvalue weighted by molar-refractivity contribution is 0.115. The van der Waals surface area contributed by atoms with E-state index in [4.69, 9.17) is 5.84 Å². The molecule has 0 unspecified atom stereocenters. The zero-order valence-corrected chi connectivity index (χ0v) is 4.84. The Kier molecular flexibility index (Phi) is 2.90. The number of nitrogens with zero attached hydrogens (tertiary/aromatic N) is 1. The molecule has 5 nitrogen and oxygen atoms in total. The minimum atomic E-state index is -0.521. The summed E-state index contributed by atoms with van der Waals surface area (Å²) in [5.41, 5.74) is 2.07. The fraction of sp³-hybridized carbons (Fsp3) is 0.667. The highest BCUT2D eigenvalue weighted by molar-refractivity contribution is 5.66. The Labute approximate surface area is 47.3 Å². The molecule has 0 radical (unpaired) electrons. The van der Waals surface area contributed by atoms with Gasteiger partial charge in [0.05, 0.1) is 7.11 Å². The molecule has 0 fully saturated rings. The highest BCUT2D eigenvalue weighted by Gasteiger charge is 2.02. The van der Waals surface area contributed by atoms with Crippen LogP contribution in [0.3, 0.4) is 0 Å². The van der Waals surface area contributed by atoms with Gasteiger partial charge in [0.1, 0.15) is 0 Å². The molecule has 5 heteroatoms. The van der Waals surface area contributed by atoms with E-state index in [9.17, 15) is 4.79 Å². The van der Waals surface area contributed by atoms with E-state index < -0.39 is 6.09 Å². The number of hydrogen-bond acceptors (Lipinski definition) is 4. The van der Waals surface area contributed by atoms with E-state index in [0.717, 1.165) is 5.01 Å². The van der Waals surface area contributed by atoms with Crippen LogP contribution in [-0.4, -0.2) is 25.3 Å². The van der Waals surface area contributed by atoms with Gasteiger partial charge in [-0.3, -0.25) is 5.84 Å². The van der Waals surface area contributed by atoms with E-state index in [1.807, 2.05) is 0 Å². The molecule has 1 amide bonds. The zero-order valence-electron chi connectivity index (χ0n) is 4.84. The van der Waals surface area contributed by atoms with Gasteiger partial charge in [-0.15, -0.1) is 0 Å². The molecule has 48 valence electrons. The third kappa shape index (κ3) is 1.76. The van der Waals surface area contributed by atoms with Crippen LogP contribution in [0, 0.1) is 0 Å². The van der Waals surface area contributed by atoms with Crippen molar-refractivity contribution in [2.75, 3.05) is 14.2 Å². The second-order valence-corrected chi connectivity index (χ2v) is 1.16. The number of ether oxygens (including phenoxy) is 1. The van der Waals surface area contributed by atoms with Crippen LogP contribution in [0.5, 0.6) is 0 Å². The largest absolute Gasteiger partial charge is 0.452 e. The first-order valence-electron chi connectivity index (χ1n) is 2.00. The van der Waals surface area contributed by atoms with Gasteiger partial charge in [0.25, 0.3) is 0 Å². The maximum Gasteiger partial charge on any atom is 0.424 e. The van der Waals surface area contributed by atoms with Gasteiger partial charge in [-0.2, -0.15) is 5.53 Å². The Balaban J connectivity index is 3.46. The van der Waals surface area contributed by atoms with Crippen LogP contribution < -0.4 is 11.4 Å². The van der Waals surface area contributed by atoms with Gasteiger partial charge in [-0.25, -0.2) is 9.80 Å². The molecule has 0 spiro atoms. The molecule has 0 aromatic rings. The van der Waals surface area contributed by atoms with Crippen LogP contribution in [0.25, 0.3) is 0 Å². The Morgan fingerprint density at radius 1 is 1.88 bits per heavy atom. The van der Waals surface area contributed by atoms with Crippen molar-refractivity contribution in [2.24, 2.45) is 5.84 Å². The van der Waals surface area contributed by atoms with Crippen LogP contribution in [-0.2, 0) is 4.74 Å². The normalized spacial score (nSPS) is 8.38. The molecule has 0 aliphatic carbocycles. The van der Waals surface area contributed by atoms with E-state index in [1.54, 1.807) is 0 Å². The standard InChI is InChI=1S/C3H9N3O2/c1-6(5-4)3(7)8-2/h5H,4H2,1-2H3. The summed E-state index contributed by atoms with van der Waals surface area (Å²) in [7, 11) is 2.72. The maximum absolute atomic E-state index is 10.3. The van der Waals surface area contributed by atoms with Gasteiger partial charge in [-0.1, -0.05) is 0 Å². The van der Waals surface area contributed by atoms with E-state index in [1.165, 1.54) is 14.2 Å². The zero-order chi connectivity index (χ0) is 6.57. The summed E-state index contributed by atoms with van der Waals surface area (Å²) in [5, 5.41) is 1.01. The first-order chi connectivity index (χ1) is 3.72. The summed E-state index contributed by atoms with van der Waals surface area (Å²) in [5.74, 6) is 4.82. The third-order valence-electron chi connectivity index (χ3n) is 0.642. The molecule has 0 aromatic carbocycles. The number of nitrogens with one attached hydrogen (secondary N) is 1. The molecule has 0 rings (SSSR count). The molecule has 0 aromatic heterocycles. The summed E-state index contributed by atoms with van der Waals surface area (Å²) in [4.78, 5) is 10.3. The Hall–Kier alpha value is -0.810. The fourth-order valence-electron chi connectivity index (χ4n) is 0.190. The van der Waals surface area contributed by atoms with Crippen molar-refractivity contribution < 1.29 is 9.53 Å². The lowest BCUT2D eigenvalue weighted by Crippen LogP contribution is -2.43. The molecular formula is C3H9N3O2. The molecule has 0 bridgehead atoms. The minimum Gasteiger partial charge on any atom is -0.452 e. The Morgan fingerprint density at radius 2 is 2.38 bits per heavy atom. The number of rotatable bonds is 1. The van der Waals surface area contributed by atoms with Crippen molar-refractivity contribution >= 4 is 6.09 Å². The minimum absolute atomic E-state index is 0.521. The van der Waals surface area contributed by atoms with Crippen LogP contribution >= 0.6 is 0 Å². The summed E-state index contributed by atoms with van der Waals surface area (Å²) < 4.78 is 4.25. The number of nitrogens with two attached hydrogens (primary N) is 1. The molecule has 8 heavy (non-hydrogen) atoms. The predicted octanol–water partition coefficient (Wildman–Crippen LogP) is -0.937. The predicted molar refractivity (Wildman–Crippen MR) is 27.5 cm³/mol. The molecular weight excluding hydrogens is 110 g/mol. The SMILES string of the molecule is COC(=O)N(C)NN. The van der Waals surface area contributed by atoms with Crippen molar-refractivity contribution in [3.8, 4) is 0 Å². The van der Waals surface area contributed by atoms with E-state index in [2.05, 4.69) is 10.3 Å². The topological polar surface area (TPSA) is 67.6 Å². The number of hydrogen-bond donors (Lipinski definition) is 2. The summed E-state index contributed by atoms with van der Waals surface area (Å²) in [6, 6.07) is 0. The van der Waals surface area contributed by atoms with Crippen molar-refractivity contribution in [1.29, 1.82) is 0 Å². The van der Waals surface area contributed by atoms with Crippen molar-refractivity contribution in [3.05, 3.63) is 0 Å². The van der Waals surface area contributed by atoms with E-state index in [0.29, 0.717) is 0 Å². The number of hydrazine groups is 2. The van der Waals surface area contributed by atoms with Gasteiger partial charge < -0.3 is 4.74 Å².